The van der Waals surface area contributed by atoms with Gasteiger partial charge in [0.05, 0.1) is 12.4 Å². The fourth-order valence-electron chi connectivity index (χ4n) is 1.33. The van der Waals surface area contributed by atoms with Gasteiger partial charge in [0.1, 0.15) is 17.3 Å². The number of amidine groups is 1. The van der Waals surface area contributed by atoms with E-state index in [-0.39, 0.29) is 5.84 Å². The quantitative estimate of drug-likeness (QED) is 0.614. The molecular weight excluding hydrogens is 218 g/mol. The van der Waals surface area contributed by atoms with E-state index in [4.69, 9.17) is 15.9 Å². The largest absolute Gasteiger partial charge is 0.454 e. The summed E-state index contributed by atoms with van der Waals surface area (Å²) >= 11 is 0. The molecule has 0 saturated carbocycles. The molecule has 17 heavy (non-hydrogen) atoms. The monoisotopic (exact) mass is 231 g/mol. The molecule has 0 fully saturated rings. The van der Waals surface area contributed by atoms with E-state index in [1.807, 2.05) is 6.92 Å². The molecule has 0 aliphatic rings. The van der Waals surface area contributed by atoms with Crippen molar-refractivity contribution in [2.75, 3.05) is 0 Å². The Morgan fingerprint density at radius 3 is 3.00 bits per heavy atom. The molecule has 0 bridgehead atoms. The zero-order valence-corrected chi connectivity index (χ0v) is 9.42. The van der Waals surface area contributed by atoms with Crippen molar-refractivity contribution >= 4 is 5.84 Å². The van der Waals surface area contributed by atoms with Crippen LogP contribution in [0.1, 0.15) is 12.6 Å². The normalized spacial score (nSPS) is 10.2. The molecule has 2 aromatic heterocycles. The first-order valence-electron chi connectivity index (χ1n) is 5.20. The van der Waals surface area contributed by atoms with Crippen molar-refractivity contribution in [1.29, 1.82) is 5.41 Å². The molecule has 0 aliphatic carbocycles. The summed E-state index contributed by atoms with van der Waals surface area (Å²) in [4.78, 5) is 3.95. The summed E-state index contributed by atoms with van der Waals surface area (Å²) in [6.07, 6.45) is 4.99. The van der Waals surface area contributed by atoms with E-state index < -0.39 is 0 Å². The number of nitrogens with zero attached hydrogens (tertiary/aromatic N) is 3. The van der Waals surface area contributed by atoms with Crippen LogP contribution >= 0.6 is 0 Å². The lowest BCUT2D eigenvalue weighted by Gasteiger charge is -2.03. The highest BCUT2D eigenvalue weighted by Gasteiger charge is 2.03. The number of aromatic nitrogens is 3. The molecule has 2 aromatic rings. The Morgan fingerprint density at radius 2 is 2.35 bits per heavy atom. The summed E-state index contributed by atoms with van der Waals surface area (Å²) in [5, 5.41) is 11.4. The average molecular weight is 231 g/mol. The fourth-order valence-corrected chi connectivity index (χ4v) is 1.33. The van der Waals surface area contributed by atoms with Crippen molar-refractivity contribution in [3.63, 3.8) is 0 Å². The summed E-state index contributed by atoms with van der Waals surface area (Å²) in [7, 11) is 0. The van der Waals surface area contributed by atoms with Gasteiger partial charge in [-0.05, 0) is 13.0 Å². The zero-order valence-electron chi connectivity index (χ0n) is 9.42. The van der Waals surface area contributed by atoms with E-state index in [1.165, 1.54) is 0 Å². The van der Waals surface area contributed by atoms with Crippen molar-refractivity contribution in [2.24, 2.45) is 5.73 Å². The maximum atomic E-state index is 7.29. The van der Waals surface area contributed by atoms with Crippen LogP contribution in [0.2, 0.25) is 0 Å². The first-order chi connectivity index (χ1) is 8.19. The number of nitrogens with two attached hydrogens (primary N) is 1. The Kier molecular flexibility index (Phi) is 3.04. The minimum Gasteiger partial charge on any atom is -0.454 e. The second-order valence-electron chi connectivity index (χ2n) is 3.42. The third kappa shape index (κ3) is 2.60. The van der Waals surface area contributed by atoms with Gasteiger partial charge in [-0.25, -0.2) is 0 Å². The van der Waals surface area contributed by atoms with E-state index >= 15 is 0 Å². The van der Waals surface area contributed by atoms with Gasteiger partial charge in [-0.3, -0.25) is 15.1 Å². The second-order valence-corrected chi connectivity index (χ2v) is 3.42. The second kappa shape index (κ2) is 4.65. The fraction of sp³-hybridized carbons (Fsp3) is 0.182. The molecule has 2 rings (SSSR count). The highest BCUT2D eigenvalue weighted by Crippen LogP contribution is 2.20. The van der Waals surface area contributed by atoms with Gasteiger partial charge in [0, 0.05) is 18.8 Å². The van der Waals surface area contributed by atoms with E-state index in [1.54, 1.807) is 35.4 Å². The average Bonchev–Trinajstić information content (AvgIpc) is 2.77. The summed E-state index contributed by atoms with van der Waals surface area (Å²) in [6.45, 7) is 2.79. The molecule has 0 atom stereocenters. The maximum Gasteiger partial charge on any atom is 0.165 e. The first-order valence-corrected chi connectivity index (χ1v) is 5.20. The molecule has 0 saturated heterocycles. The van der Waals surface area contributed by atoms with Gasteiger partial charge in [-0.2, -0.15) is 5.10 Å². The lowest BCUT2D eigenvalue weighted by molar-refractivity contribution is 0.480. The van der Waals surface area contributed by atoms with E-state index in [0.717, 1.165) is 6.54 Å². The Labute approximate surface area is 98.5 Å². The summed E-state index contributed by atoms with van der Waals surface area (Å²) in [5.41, 5.74) is 5.74. The molecule has 88 valence electrons. The van der Waals surface area contributed by atoms with Crippen LogP contribution in [-0.4, -0.2) is 20.6 Å². The summed E-state index contributed by atoms with van der Waals surface area (Å²) < 4.78 is 7.34. The molecule has 0 unspecified atom stereocenters. The lowest BCUT2D eigenvalue weighted by atomic mass is 10.3. The van der Waals surface area contributed by atoms with Gasteiger partial charge in [0.25, 0.3) is 0 Å². The molecule has 6 heteroatoms. The van der Waals surface area contributed by atoms with Crippen LogP contribution in [0.25, 0.3) is 0 Å². The van der Waals surface area contributed by atoms with Crippen LogP contribution in [0.3, 0.4) is 0 Å². The number of nitrogens with one attached hydrogen (secondary N) is 1. The topological polar surface area (TPSA) is 89.8 Å². The Bertz CT molecular complexity index is 534. The van der Waals surface area contributed by atoms with Crippen LogP contribution in [0.4, 0.5) is 0 Å². The number of aryl methyl sites for hydroxylation is 1. The molecule has 0 spiro atoms. The third-order valence-electron chi connectivity index (χ3n) is 2.18. The van der Waals surface area contributed by atoms with Crippen molar-refractivity contribution < 1.29 is 4.74 Å². The predicted molar refractivity (Wildman–Crippen MR) is 63.2 cm³/mol. The third-order valence-corrected chi connectivity index (χ3v) is 2.18. The summed E-state index contributed by atoms with van der Waals surface area (Å²) in [5.74, 6) is 1.15. The number of hydrogen-bond donors (Lipinski definition) is 2. The minimum atomic E-state index is -0.0836. The number of ether oxygens (including phenoxy) is 1. The molecule has 0 amide bonds. The van der Waals surface area contributed by atoms with Crippen molar-refractivity contribution in [3.05, 3.63) is 36.4 Å². The van der Waals surface area contributed by atoms with Crippen LogP contribution in [0.15, 0.2) is 30.7 Å². The van der Waals surface area contributed by atoms with E-state index in [2.05, 4.69) is 10.1 Å². The van der Waals surface area contributed by atoms with Gasteiger partial charge >= 0.3 is 0 Å². The molecule has 0 aromatic carbocycles. The maximum absolute atomic E-state index is 7.29. The van der Waals surface area contributed by atoms with Crippen molar-refractivity contribution in [1.82, 2.24) is 14.8 Å². The van der Waals surface area contributed by atoms with Crippen molar-refractivity contribution in [3.8, 4) is 11.5 Å². The Hall–Kier alpha value is -2.37. The summed E-state index contributed by atoms with van der Waals surface area (Å²) in [6, 6.07) is 3.32. The predicted octanol–water partition coefficient (Wildman–Crippen LogP) is 1.37. The van der Waals surface area contributed by atoms with E-state index in [9.17, 15) is 0 Å². The van der Waals surface area contributed by atoms with Crippen LogP contribution in [0, 0.1) is 5.41 Å². The smallest absolute Gasteiger partial charge is 0.165 e. The standard InChI is InChI=1S/C11H13N5O/c1-2-16-7-9(6-15-16)17-8-3-4-14-10(5-8)11(12)13/h3-7H,2H2,1H3,(H3,12,13). The van der Waals surface area contributed by atoms with Gasteiger partial charge in [0.15, 0.2) is 5.75 Å². The van der Waals surface area contributed by atoms with Crippen molar-refractivity contribution in [2.45, 2.75) is 13.5 Å². The number of hydrogen-bond acceptors (Lipinski definition) is 4. The van der Waals surface area contributed by atoms with E-state index in [0.29, 0.717) is 17.2 Å². The number of pyridine rings is 1. The molecular formula is C11H13N5O. The molecule has 0 aliphatic heterocycles. The minimum absolute atomic E-state index is 0.0836. The van der Waals surface area contributed by atoms with Crippen LogP contribution in [-0.2, 0) is 6.54 Å². The first kappa shape index (κ1) is 11.1. The van der Waals surface area contributed by atoms with Crippen LogP contribution < -0.4 is 10.5 Å². The zero-order chi connectivity index (χ0) is 12.3. The highest BCUT2D eigenvalue weighted by atomic mass is 16.5. The number of nitrogen functional groups attached to an aromatic ring is 1. The molecule has 6 nitrogen and oxygen atoms in total. The SMILES string of the molecule is CCn1cc(Oc2ccnc(C(=N)N)c2)cn1. The number of rotatable bonds is 4. The molecule has 2 heterocycles. The van der Waals surface area contributed by atoms with Gasteiger partial charge in [0.2, 0.25) is 0 Å². The van der Waals surface area contributed by atoms with Crippen LogP contribution in [0.5, 0.6) is 11.5 Å². The Balaban J connectivity index is 2.18. The van der Waals surface area contributed by atoms with Gasteiger partial charge in [-0.15, -0.1) is 0 Å². The lowest BCUT2D eigenvalue weighted by Crippen LogP contribution is -2.12. The highest BCUT2D eigenvalue weighted by molar-refractivity contribution is 5.93. The Morgan fingerprint density at radius 1 is 1.53 bits per heavy atom. The van der Waals surface area contributed by atoms with Gasteiger partial charge in [-0.1, -0.05) is 0 Å². The molecule has 3 N–H and O–H groups in total. The van der Waals surface area contributed by atoms with Gasteiger partial charge < -0.3 is 10.5 Å². The molecule has 0 radical (unpaired) electrons.